The Morgan fingerprint density at radius 1 is 0.420 bits per heavy atom. The maximum Gasteiger partial charge on any atom is 0.306 e. The number of unbranched alkanes of at least 4 members (excludes halogenated alkanes) is 17. The summed E-state index contributed by atoms with van der Waals surface area (Å²) in [6, 6.07) is 0. The van der Waals surface area contributed by atoms with Gasteiger partial charge in [0.2, 0.25) is 0 Å². The lowest BCUT2D eigenvalue weighted by Crippen LogP contribution is -2.30. The predicted octanol–water partition coefficient (Wildman–Crippen LogP) is 12.8. The first-order valence-electron chi connectivity index (χ1n) is 20.6. The van der Waals surface area contributed by atoms with Gasteiger partial charge in [0.25, 0.3) is 0 Å². The molecule has 0 aliphatic carbocycles. The minimum absolute atomic E-state index is 0.0933. The lowest BCUT2D eigenvalue weighted by Gasteiger charge is -2.18. The van der Waals surface area contributed by atoms with Gasteiger partial charge in [0, 0.05) is 19.3 Å². The van der Waals surface area contributed by atoms with Gasteiger partial charge in [-0.05, 0) is 44.9 Å². The average molecular weight is 701 g/mol. The van der Waals surface area contributed by atoms with Gasteiger partial charge < -0.3 is 14.2 Å². The monoisotopic (exact) mass is 701 g/mol. The molecule has 0 aliphatic heterocycles. The lowest BCUT2D eigenvalue weighted by molar-refractivity contribution is -0.166. The van der Waals surface area contributed by atoms with E-state index in [4.69, 9.17) is 14.2 Å². The highest BCUT2D eigenvalue weighted by Crippen LogP contribution is 2.13. The number of hydrogen-bond acceptors (Lipinski definition) is 6. The average Bonchev–Trinajstić information content (AvgIpc) is 3.11. The van der Waals surface area contributed by atoms with Crippen LogP contribution in [-0.2, 0) is 28.6 Å². The number of allylic oxidation sites excluding steroid dienone is 8. The summed E-state index contributed by atoms with van der Waals surface area (Å²) in [4.78, 5) is 37.4. The van der Waals surface area contributed by atoms with Crippen molar-refractivity contribution >= 4 is 17.9 Å². The summed E-state index contributed by atoms with van der Waals surface area (Å²) in [6.07, 6.45) is 44.0. The normalized spacial score (nSPS) is 12.5. The third kappa shape index (κ3) is 36.6. The molecule has 0 rings (SSSR count). The van der Waals surface area contributed by atoms with E-state index in [1.807, 2.05) is 12.2 Å². The number of hydrogen-bond donors (Lipinski definition) is 0. The minimum atomic E-state index is -0.793. The Balaban J connectivity index is 4.46. The highest BCUT2D eigenvalue weighted by molar-refractivity contribution is 5.71. The van der Waals surface area contributed by atoms with E-state index in [0.717, 1.165) is 64.2 Å². The molecule has 288 valence electrons. The zero-order chi connectivity index (χ0) is 36.6. The Kier molecular flexibility index (Phi) is 37.1. The van der Waals surface area contributed by atoms with E-state index in [1.165, 1.54) is 83.5 Å². The van der Waals surface area contributed by atoms with Crippen LogP contribution in [0.5, 0.6) is 0 Å². The van der Waals surface area contributed by atoms with E-state index in [0.29, 0.717) is 19.3 Å². The maximum absolute atomic E-state index is 12.6. The second kappa shape index (κ2) is 39.2. The van der Waals surface area contributed by atoms with Gasteiger partial charge in [-0.3, -0.25) is 14.4 Å². The predicted molar refractivity (Wildman–Crippen MR) is 210 cm³/mol. The van der Waals surface area contributed by atoms with Crippen molar-refractivity contribution in [3.05, 3.63) is 48.6 Å². The van der Waals surface area contributed by atoms with Gasteiger partial charge in [0.15, 0.2) is 6.10 Å². The molecule has 0 aromatic rings. The Morgan fingerprint density at radius 2 is 0.780 bits per heavy atom. The fraction of sp³-hybridized carbons (Fsp3) is 0.750. The van der Waals surface area contributed by atoms with Crippen molar-refractivity contribution in [2.45, 2.75) is 200 Å². The van der Waals surface area contributed by atoms with Gasteiger partial charge in [-0.25, -0.2) is 0 Å². The summed E-state index contributed by atoms with van der Waals surface area (Å²) in [5, 5.41) is 0. The number of rotatable bonds is 36. The molecular weight excluding hydrogens is 624 g/mol. The smallest absolute Gasteiger partial charge is 0.306 e. The van der Waals surface area contributed by atoms with Gasteiger partial charge in [-0.1, -0.05) is 179 Å². The van der Waals surface area contributed by atoms with Crippen LogP contribution in [0.3, 0.4) is 0 Å². The van der Waals surface area contributed by atoms with Crippen molar-refractivity contribution < 1.29 is 28.6 Å². The number of carbonyl (C=O) groups excluding carboxylic acids is 3. The summed E-state index contributed by atoms with van der Waals surface area (Å²) >= 11 is 0. The summed E-state index contributed by atoms with van der Waals surface area (Å²) in [6.45, 7) is 6.39. The highest BCUT2D eigenvalue weighted by atomic mass is 16.6. The van der Waals surface area contributed by atoms with Crippen LogP contribution in [0.4, 0.5) is 0 Å². The molecule has 0 amide bonds. The van der Waals surface area contributed by atoms with Crippen molar-refractivity contribution in [2.75, 3.05) is 13.2 Å². The van der Waals surface area contributed by atoms with Crippen molar-refractivity contribution in [1.29, 1.82) is 0 Å². The molecule has 50 heavy (non-hydrogen) atoms. The number of ether oxygens (including phenoxy) is 3. The molecule has 0 radical (unpaired) electrons. The molecule has 1 unspecified atom stereocenters. The first-order valence-corrected chi connectivity index (χ1v) is 20.6. The van der Waals surface area contributed by atoms with Crippen molar-refractivity contribution in [3.63, 3.8) is 0 Å². The first kappa shape index (κ1) is 47.4. The van der Waals surface area contributed by atoms with Gasteiger partial charge in [0.1, 0.15) is 13.2 Å². The Morgan fingerprint density at radius 3 is 1.22 bits per heavy atom. The molecule has 0 fully saturated rings. The van der Waals surface area contributed by atoms with Crippen LogP contribution < -0.4 is 0 Å². The van der Waals surface area contributed by atoms with Crippen LogP contribution in [-0.4, -0.2) is 37.2 Å². The lowest BCUT2D eigenvalue weighted by atomic mass is 10.1. The Labute approximate surface area is 307 Å². The van der Waals surface area contributed by atoms with Crippen LogP contribution in [0.25, 0.3) is 0 Å². The summed E-state index contributed by atoms with van der Waals surface area (Å²) in [5.41, 5.74) is 0. The van der Waals surface area contributed by atoms with Crippen molar-refractivity contribution in [2.24, 2.45) is 0 Å². The van der Waals surface area contributed by atoms with Gasteiger partial charge >= 0.3 is 17.9 Å². The van der Waals surface area contributed by atoms with Gasteiger partial charge in [-0.15, -0.1) is 0 Å². The highest BCUT2D eigenvalue weighted by Gasteiger charge is 2.19. The first-order chi connectivity index (χ1) is 24.5. The SMILES string of the molecule is CC/C=C\C/C=C\C/C=C\C/C=C\CCC(=O)OCC(COC(=O)CCCCCCCCCC)OC(=O)CCCCCCCCCCCCC. The molecule has 6 heteroatoms. The van der Waals surface area contributed by atoms with Crippen LogP contribution in [0.15, 0.2) is 48.6 Å². The third-order valence-corrected chi connectivity index (χ3v) is 8.61. The van der Waals surface area contributed by atoms with E-state index in [1.54, 1.807) is 0 Å². The molecule has 0 N–H and O–H groups in total. The fourth-order valence-corrected chi connectivity index (χ4v) is 5.51. The molecule has 0 aromatic heterocycles. The molecule has 0 aliphatic rings. The van der Waals surface area contributed by atoms with Crippen molar-refractivity contribution in [1.82, 2.24) is 0 Å². The standard InChI is InChI=1S/C44H76O6/c1-4-7-10-13-16-19-21-22-24-25-28-31-34-37-43(46)49-40-41(39-48-42(45)36-33-30-27-18-15-12-9-6-3)50-44(47)38-35-32-29-26-23-20-17-14-11-8-5-2/h7,10,16,19,22,24,28,31,41H,4-6,8-9,11-15,17-18,20-21,23,25-27,29-30,32-40H2,1-3H3/b10-7-,19-16-,24-22-,31-28-. The molecule has 0 saturated carbocycles. The molecule has 0 saturated heterocycles. The second-order valence-electron chi connectivity index (χ2n) is 13.5. The molecular formula is C44H76O6. The van der Waals surface area contributed by atoms with Gasteiger partial charge in [0.05, 0.1) is 0 Å². The van der Waals surface area contributed by atoms with Crippen LogP contribution in [0.2, 0.25) is 0 Å². The van der Waals surface area contributed by atoms with Crippen molar-refractivity contribution in [3.8, 4) is 0 Å². The topological polar surface area (TPSA) is 78.9 Å². The summed E-state index contributed by atoms with van der Waals surface area (Å²) in [7, 11) is 0. The molecule has 0 aromatic carbocycles. The molecule has 0 bridgehead atoms. The quantitative estimate of drug-likeness (QED) is 0.0280. The maximum atomic E-state index is 12.6. The van der Waals surface area contributed by atoms with E-state index in [-0.39, 0.29) is 37.5 Å². The van der Waals surface area contributed by atoms with Gasteiger partial charge in [-0.2, -0.15) is 0 Å². The van der Waals surface area contributed by atoms with E-state index in [2.05, 4.69) is 57.2 Å². The van der Waals surface area contributed by atoms with E-state index in [9.17, 15) is 14.4 Å². The zero-order valence-corrected chi connectivity index (χ0v) is 32.7. The Hall–Kier alpha value is -2.63. The second-order valence-corrected chi connectivity index (χ2v) is 13.5. The molecule has 0 spiro atoms. The number of esters is 3. The largest absolute Gasteiger partial charge is 0.462 e. The summed E-state index contributed by atoms with van der Waals surface area (Å²) < 4.78 is 16.5. The summed E-state index contributed by atoms with van der Waals surface area (Å²) in [5.74, 6) is -0.988. The van der Waals surface area contributed by atoms with E-state index < -0.39 is 6.10 Å². The fourth-order valence-electron chi connectivity index (χ4n) is 5.51. The van der Waals surface area contributed by atoms with E-state index >= 15 is 0 Å². The third-order valence-electron chi connectivity index (χ3n) is 8.61. The van der Waals surface area contributed by atoms with Crippen LogP contribution in [0.1, 0.15) is 194 Å². The van der Waals surface area contributed by atoms with Crippen LogP contribution in [0, 0.1) is 0 Å². The Bertz CT molecular complexity index is 902. The number of carbonyl (C=O) groups is 3. The molecule has 6 nitrogen and oxygen atoms in total. The molecule has 1 atom stereocenters. The minimum Gasteiger partial charge on any atom is -0.462 e. The molecule has 0 heterocycles. The van der Waals surface area contributed by atoms with Crippen LogP contribution >= 0.6 is 0 Å². The zero-order valence-electron chi connectivity index (χ0n) is 32.7.